The minimum absolute atomic E-state index is 0.0443. The zero-order chi connectivity index (χ0) is 20.3. The molecule has 0 aromatic carbocycles. The van der Waals surface area contributed by atoms with Gasteiger partial charge >= 0.3 is 30.3 Å². The molecular formula is C15H14F6O6. The Hall–Kier alpha value is -2.01. The van der Waals surface area contributed by atoms with Gasteiger partial charge in [-0.3, -0.25) is 14.4 Å². The fourth-order valence-electron chi connectivity index (χ4n) is 4.22. The van der Waals surface area contributed by atoms with Gasteiger partial charge in [0.1, 0.15) is 12.2 Å². The van der Waals surface area contributed by atoms with Gasteiger partial charge in [0.25, 0.3) is 6.10 Å². The summed E-state index contributed by atoms with van der Waals surface area (Å²) in [6, 6.07) is 0. The highest BCUT2D eigenvalue weighted by molar-refractivity contribution is 5.86. The van der Waals surface area contributed by atoms with Gasteiger partial charge in [-0.25, -0.2) is 0 Å². The molecule has 12 heteroatoms. The van der Waals surface area contributed by atoms with Crippen LogP contribution in [0.25, 0.3) is 0 Å². The summed E-state index contributed by atoms with van der Waals surface area (Å²) in [7, 11) is 0. The molecule has 2 saturated carbocycles. The number of carbonyl (C=O) groups is 3. The largest absolute Gasteiger partial charge is 0.458 e. The number of hydrogen-bond acceptors (Lipinski definition) is 6. The molecule has 3 fully saturated rings. The summed E-state index contributed by atoms with van der Waals surface area (Å²) < 4.78 is 89.8. The highest BCUT2D eigenvalue weighted by Crippen LogP contribution is 2.59. The van der Waals surface area contributed by atoms with E-state index >= 15 is 0 Å². The number of alkyl halides is 6. The van der Waals surface area contributed by atoms with Crippen molar-refractivity contribution in [2.45, 2.75) is 50.4 Å². The van der Waals surface area contributed by atoms with Crippen molar-refractivity contribution in [3.8, 4) is 0 Å². The van der Waals surface area contributed by atoms with Crippen LogP contribution in [0.3, 0.4) is 0 Å². The molecule has 27 heavy (non-hydrogen) atoms. The molecular weight excluding hydrogens is 390 g/mol. The summed E-state index contributed by atoms with van der Waals surface area (Å²) in [6.07, 6.45) is -17.9. The van der Waals surface area contributed by atoms with Gasteiger partial charge in [0, 0.05) is 18.3 Å². The van der Waals surface area contributed by atoms with Crippen LogP contribution in [0.4, 0.5) is 26.3 Å². The minimum Gasteiger partial charge on any atom is -0.458 e. The molecule has 3 rings (SSSR count). The Kier molecular flexibility index (Phi) is 4.58. The molecule has 0 aromatic rings. The van der Waals surface area contributed by atoms with Crippen LogP contribution in [0.1, 0.15) is 19.8 Å². The van der Waals surface area contributed by atoms with Gasteiger partial charge in [-0.05, 0) is 6.42 Å². The van der Waals surface area contributed by atoms with E-state index in [-0.39, 0.29) is 12.8 Å². The Morgan fingerprint density at radius 2 is 1.74 bits per heavy atom. The lowest BCUT2D eigenvalue weighted by molar-refractivity contribution is -0.315. The summed E-state index contributed by atoms with van der Waals surface area (Å²) in [5, 5.41) is 0. The highest BCUT2D eigenvalue weighted by Gasteiger charge is 2.71. The minimum atomic E-state index is -5.86. The molecule has 6 nitrogen and oxygen atoms in total. The Bertz CT molecular complexity index is 644. The molecule has 0 amide bonds. The van der Waals surface area contributed by atoms with Gasteiger partial charge in [-0.2, -0.15) is 26.3 Å². The van der Waals surface area contributed by atoms with Crippen molar-refractivity contribution >= 4 is 17.9 Å². The zero-order valence-electron chi connectivity index (χ0n) is 13.7. The fraction of sp³-hybridized carbons (Fsp3) is 0.800. The van der Waals surface area contributed by atoms with Crippen molar-refractivity contribution in [3.63, 3.8) is 0 Å². The molecule has 0 aromatic heterocycles. The average Bonchev–Trinajstić information content (AvgIpc) is 3.13. The van der Waals surface area contributed by atoms with Gasteiger partial charge in [0.05, 0.1) is 11.8 Å². The maximum atomic E-state index is 12.7. The second-order valence-corrected chi connectivity index (χ2v) is 6.72. The topological polar surface area (TPSA) is 78.9 Å². The van der Waals surface area contributed by atoms with Crippen LogP contribution >= 0.6 is 0 Å². The SMILES string of the molecule is CCC(=O)OC1C2CC3C1OC(=O)C3C2C(=O)OC(C(F)(F)F)C(F)(F)F. The summed E-state index contributed by atoms with van der Waals surface area (Å²) in [5.74, 6) is -7.77. The van der Waals surface area contributed by atoms with E-state index in [1.807, 2.05) is 0 Å². The predicted molar refractivity (Wildman–Crippen MR) is 70.6 cm³/mol. The second kappa shape index (κ2) is 6.26. The van der Waals surface area contributed by atoms with Crippen LogP contribution in [-0.4, -0.2) is 48.6 Å². The van der Waals surface area contributed by atoms with E-state index < -0.39 is 72.2 Å². The molecule has 2 aliphatic carbocycles. The van der Waals surface area contributed by atoms with E-state index in [4.69, 9.17) is 9.47 Å². The van der Waals surface area contributed by atoms with Crippen molar-refractivity contribution in [1.82, 2.24) is 0 Å². The molecule has 6 atom stereocenters. The Morgan fingerprint density at radius 1 is 1.15 bits per heavy atom. The third-order valence-corrected chi connectivity index (χ3v) is 5.20. The fourth-order valence-corrected chi connectivity index (χ4v) is 4.22. The molecule has 0 N–H and O–H groups in total. The van der Waals surface area contributed by atoms with E-state index in [0.29, 0.717) is 0 Å². The Labute approximate surface area is 148 Å². The van der Waals surface area contributed by atoms with Gasteiger partial charge in [-0.15, -0.1) is 0 Å². The van der Waals surface area contributed by atoms with Crippen LogP contribution in [0.2, 0.25) is 0 Å². The van der Waals surface area contributed by atoms with E-state index in [0.717, 1.165) is 0 Å². The van der Waals surface area contributed by atoms with Gasteiger partial charge < -0.3 is 14.2 Å². The number of hydrogen-bond donors (Lipinski definition) is 0. The first kappa shape index (κ1) is 19.7. The van der Waals surface area contributed by atoms with Gasteiger partial charge in [-0.1, -0.05) is 6.92 Å². The molecule has 3 aliphatic rings. The molecule has 6 unspecified atom stereocenters. The summed E-state index contributed by atoms with van der Waals surface area (Å²) in [6.45, 7) is 1.47. The van der Waals surface area contributed by atoms with E-state index in [9.17, 15) is 40.7 Å². The average molecular weight is 404 g/mol. The summed E-state index contributed by atoms with van der Waals surface area (Å²) >= 11 is 0. The Morgan fingerprint density at radius 3 is 2.26 bits per heavy atom. The molecule has 1 heterocycles. The van der Waals surface area contributed by atoms with E-state index in [1.165, 1.54) is 6.92 Å². The Balaban J connectivity index is 1.84. The van der Waals surface area contributed by atoms with Crippen molar-refractivity contribution < 1.29 is 54.9 Å². The first-order valence-electron chi connectivity index (χ1n) is 8.10. The normalized spacial score (nSPS) is 34.7. The number of carbonyl (C=O) groups excluding carboxylic acids is 3. The van der Waals surface area contributed by atoms with Crippen LogP contribution in [0, 0.1) is 23.7 Å². The lowest BCUT2D eigenvalue weighted by Gasteiger charge is -2.31. The molecule has 0 radical (unpaired) electrons. The number of ether oxygens (including phenoxy) is 3. The molecule has 152 valence electrons. The molecule has 1 saturated heterocycles. The zero-order valence-corrected chi connectivity index (χ0v) is 13.7. The van der Waals surface area contributed by atoms with Crippen LogP contribution in [-0.2, 0) is 28.6 Å². The molecule has 1 aliphatic heterocycles. The van der Waals surface area contributed by atoms with Crippen molar-refractivity contribution in [2.75, 3.05) is 0 Å². The number of esters is 3. The standard InChI is InChI=1S/C15H14F6O6/c1-2-6(22)25-9-4-3-5-7(11(23)26-10(5)9)8(4)12(24)27-13(14(16,17)18)15(19,20)21/h4-5,7-10,13H,2-3H2,1H3. The first-order chi connectivity index (χ1) is 12.4. The first-order valence-corrected chi connectivity index (χ1v) is 8.10. The number of rotatable bonds is 4. The monoisotopic (exact) mass is 404 g/mol. The predicted octanol–water partition coefficient (Wildman–Crippen LogP) is 2.15. The van der Waals surface area contributed by atoms with Crippen LogP contribution in [0.15, 0.2) is 0 Å². The summed E-state index contributed by atoms with van der Waals surface area (Å²) in [5.41, 5.74) is 0. The number of fused-ring (bicyclic) bond motifs is 1. The van der Waals surface area contributed by atoms with Crippen LogP contribution in [0.5, 0.6) is 0 Å². The summed E-state index contributed by atoms with van der Waals surface area (Å²) in [4.78, 5) is 35.7. The smallest absolute Gasteiger partial charge is 0.434 e. The van der Waals surface area contributed by atoms with Crippen LogP contribution < -0.4 is 0 Å². The second-order valence-electron chi connectivity index (χ2n) is 6.72. The van der Waals surface area contributed by atoms with E-state index in [2.05, 4.69) is 4.74 Å². The quantitative estimate of drug-likeness (QED) is 0.406. The lowest BCUT2D eigenvalue weighted by atomic mass is 9.78. The third-order valence-electron chi connectivity index (χ3n) is 5.20. The lowest BCUT2D eigenvalue weighted by Crippen LogP contribution is -2.49. The maximum Gasteiger partial charge on any atom is 0.434 e. The highest BCUT2D eigenvalue weighted by atomic mass is 19.4. The van der Waals surface area contributed by atoms with Crippen molar-refractivity contribution in [2.24, 2.45) is 23.7 Å². The van der Waals surface area contributed by atoms with Crippen molar-refractivity contribution in [1.29, 1.82) is 0 Å². The number of halogens is 6. The van der Waals surface area contributed by atoms with Gasteiger partial charge in [0.15, 0.2) is 0 Å². The van der Waals surface area contributed by atoms with E-state index in [1.54, 1.807) is 0 Å². The van der Waals surface area contributed by atoms with Gasteiger partial charge in [0.2, 0.25) is 0 Å². The third kappa shape index (κ3) is 3.22. The molecule has 2 bridgehead atoms. The maximum absolute atomic E-state index is 12.7. The molecule has 0 spiro atoms. The van der Waals surface area contributed by atoms with Crippen molar-refractivity contribution in [3.05, 3.63) is 0 Å².